The van der Waals surface area contributed by atoms with Crippen molar-refractivity contribution in [2.24, 2.45) is 0 Å². The van der Waals surface area contributed by atoms with Gasteiger partial charge >= 0.3 is 6.18 Å². The Kier molecular flexibility index (Phi) is 4.22. The van der Waals surface area contributed by atoms with Gasteiger partial charge in [0.1, 0.15) is 0 Å². The number of nitrogens with zero attached hydrogens (tertiary/aromatic N) is 2. The summed E-state index contributed by atoms with van der Waals surface area (Å²) in [6, 6.07) is 0. The van der Waals surface area contributed by atoms with Crippen LogP contribution in [0.15, 0.2) is 4.52 Å². The van der Waals surface area contributed by atoms with Gasteiger partial charge in [0.2, 0.25) is 11.7 Å². The van der Waals surface area contributed by atoms with E-state index in [-0.39, 0.29) is 17.8 Å². The Labute approximate surface area is 94.9 Å². The van der Waals surface area contributed by atoms with Crippen LogP contribution in [-0.2, 0) is 22.4 Å². The van der Waals surface area contributed by atoms with E-state index in [9.17, 15) is 18.0 Å². The first-order chi connectivity index (χ1) is 7.82. The summed E-state index contributed by atoms with van der Waals surface area (Å²) in [5.74, 6) is -2.04. The van der Waals surface area contributed by atoms with Crippen LogP contribution in [0.5, 0.6) is 0 Å². The Morgan fingerprint density at radius 3 is 2.71 bits per heavy atom. The van der Waals surface area contributed by atoms with Crippen molar-refractivity contribution < 1.29 is 27.2 Å². The second-order valence-corrected chi connectivity index (χ2v) is 3.45. The number of aromatic nitrogens is 2. The molecule has 0 aliphatic rings. The summed E-state index contributed by atoms with van der Waals surface area (Å²) in [4.78, 5) is 14.3. The topological polar surface area (TPSA) is 65.2 Å². The van der Waals surface area contributed by atoms with Crippen molar-refractivity contribution in [3.8, 4) is 0 Å². The maximum absolute atomic E-state index is 11.9. The Morgan fingerprint density at radius 2 is 2.18 bits per heavy atom. The lowest BCUT2D eigenvalue weighted by Gasteiger charge is -2.04. The summed E-state index contributed by atoms with van der Waals surface area (Å²) in [6.07, 6.45) is -5.69. The molecule has 0 fully saturated rings. The number of carbonyl (C=O) groups excluding carboxylic acids is 1. The van der Waals surface area contributed by atoms with Crippen LogP contribution in [0.4, 0.5) is 13.2 Å². The normalized spacial score (nSPS) is 13.7. The summed E-state index contributed by atoms with van der Waals surface area (Å²) in [7, 11) is 1.48. The molecule has 1 rings (SSSR count). The van der Waals surface area contributed by atoms with Crippen LogP contribution in [0.1, 0.15) is 18.6 Å². The molecule has 96 valence electrons. The quantitative estimate of drug-likeness (QED) is 0.790. The monoisotopic (exact) mass is 252 g/mol. The van der Waals surface area contributed by atoms with E-state index in [0.29, 0.717) is 6.42 Å². The fourth-order valence-corrected chi connectivity index (χ4v) is 1.02. The Balaban J connectivity index is 2.60. The Hall–Kier alpha value is -1.44. The fourth-order valence-electron chi connectivity index (χ4n) is 1.02. The van der Waals surface area contributed by atoms with E-state index in [1.165, 1.54) is 7.11 Å². The van der Waals surface area contributed by atoms with E-state index < -0.39 is 18.4 Å². The van der Waals surface area contributed by atoms with Gasteiger partial charge in [-0.15, -0.1) is 0 Å². The largest absolute Gasteiger partial charge is 0.450 e. The first kappa shape index (κ1) is 13.6. The van der Waals surface area contributed by atoms with E-state index in [4.69, 9.17) is 4.74 Å². The number of rotatable bonds is 5. The number of alkyl halides is 3. The Bertz CT molecular complexity index is 389. The average molecular weight is 252 g/mol. The van der Waals surface area contributed by atoms with E-state index in [1.807, 2.05) is 0 Å². The molecule has 0 spiro atoms. The van der Waals surface area contributed by atoms with Gasteiger partial charge in [-0.2, -0.15) is 18.2 Å². The number of hydrogen-bond acceptors (Lipinski definition) is 5. The van der Waals surface area contributed by atoms with Crippen molar-refractivity contribution in [2.45, 2.75) is 32.0 Å². The van der Waals surface area contributed by atoms with Gasteiger partial charge in [0.15, 0.2) is 5.82 Å². The van der Waals surface area contributed by atoms with Gasteiger partial charge in [-0.05, 0) is 6.92 Å². The van der Waals surface area contributed by atoms with Crippen molar-refractivity contribution >= 4 is 5.78 Å². The van der Waals surface area contributed by atoms with Crippen LogP contribution in [0, 0.1) is 0 Å². The summed E-state index contributed by atoms with van der Waals surface area (Å²) in [5, 5.41) is 3.45. The van der Waals surface area contributed by atoms with Gasteiger partial charge in [0.05, 0.1) is 12.5 Å². The number of Topliss-reactive ketones (excluding diaryl/α,β-unsaturated/α-hetero) is 1. The predicted octanol–water partition coefficient (Wildman–Crippen LogP) is 1.32. The maximum atomic E-state index is 11.9. The molecular formula is C9H11F3N2O3. The molecule has 17 heavy (non-hydrogen) atoms. The molecule has 0 aliphatic carbocycles. The molecule has 1 aromatic rings. The molecule has 0 aliphatic heterocycles. The van der Waals surface area contributed by atoms with Crippen LogP contribution >= 0.6 is 0 Å². The highest BCUT2D eigenvalue weighted by Gasteiger charge is 2.39. The van der Waals surface area contributed by atoms with Gasteiger partial charge in [-0.1, -0.05) is 5.16 Å². The van der Waals surface area contributed by atoms with Gasteiger partial charge < -0.3 is 9.26 Å². The van der Waals surface area contributed by atoms with E-state index >= 15 is 0 Å². The molecule has 0 aromatic carbocycles. The zero-order valence-electron chi connectivity index (χ0n) is 9.24. The number of ether oxygens (including phenoxy) is 1. The van der Waals surface area contributed by atoms with Gasteiger partial charge in [-0.25, -0.2) is 0 Å². The minimum atomic E-state index is -4.88. The van der Waals surface area contributed by atoms with Crippen molar-refractivity contribution in [1.82, 2.24) is 10.1 Å². The number of carbonyl (C=O) groups is 1. The van der Waals surface area contributed by atoms with Crippen LogP contribution in [0.25, 0.3) is 0 Å². The van der Waals surface area contributed by atoms with E-state index in [0.717, 1.165) is 0 Å². The van der Waals surface area contributed by atoms with E-state index in [1.54, 1.807) is 6.92 Å². The molecule has 0 N–H and O–H groups in total. The molecule has 0 saturated heterocycles. The number of methoxy groups -OCH3 is 1. The average Bonchev–Trinajstić information content (AvgIpc) is 2.64. The zero-order valence-corrected chi connectivity index (χ0v) is 9.24. The van der Waals surface area contributed by atoms with E-state index in [2.05, 4.69) is 14.7 Å². The summed E-state index contributed by atoms with van der Waals surface area (Å²) >= 11 is 0. The SMILES string of the molecule is COC(C)Cc1noc(CC(=O)C(F)(F)F)n1. The summed E-state index contributed by atoms with van der Waals surface area (Å²) in [5.41, 5.74) is 0. The second-order valence-electron chi connectivity index (χ2n) is 3.45. The molecule has 8 heteroatoms. The van der Waals surface area contributed by atoms with Gasteiger partial charge in [0, 0.05) is 13.5 Å². The highest BCUT2D eigenvalue weighted by molar-refractivity contribution is 5.85. The summed E-state index contributed by atoms with van der Waals surface area (Å²) < 4.78 is 45.3. The standard InChI is InChI=1S/C9H11F3N2O3/c1-5(16-2)3-7-13-8(17-14-7)4-6(15)9(10,11)12/h5H,3-4H2,1-2H3. The van der Waals surface area contributed by atoms with Gasteiger partial charge in [-0.3, -0.25) is 4.79 Å². The molecule has 5 nitrogen and oxygen atoms in total. The molecule has 1 unspecified atom stereocenters. The molecule has 0 saturated carbocycles. The lowest BCUT2D eigenvalue weighted by Crippen LogP contribution is -2.24. The number of hydrogen-bond donors (Lipinski definition) is 0. The highest BCUT2D eigenvalue weighted by atomic mass is 19.4. The number of halogens is 3. The molecule has 0 bridgehead atoms. The first-order valence-corrected chi connectivity index (χ1v) is 4.77. The van der Waals surface area contributed by atoms with Crippen LogP contribution in [-0.4, -0.2) is 35.3 Å². The minimum absolute atomic E-state index is 0.182. The minimum Gasteiger partial charge on any atom is -0.381 e. The summed E-state index contributed by atoms with van der Waals surface area (Å²) in [6.45, 7) is 1.75. The first-order valence-electron chi connectivity index (χ1n) is 4.77. The molecule has 1 atom stereocenters. The second kappa shape index (κ2) is 5.26. The molecular weight excluding hydrogens is 241 g/mol. The zero-order chi connectivity index (χ0) is 13.1. The van der Waals surface area contributed by atoms with Crippen molar-refractivity contribution in [1.29, 1.82) is 0 Å². The third-order valence-electron chi connectivity index (χ3n) is 2.01. The maximum Gasteiger partial charge on any atom is 0.450 e. The molecule has 1 heterocycles. The highest BCUT2D eigenvalue weighted by Crippen LogP contribution is 2.18. The Morgan fingerprint density at radius 1 is 1.53 bits per heavy atom. The molecule has 0 radical (unpaired) electrons. The van der Waals surface area contributed by atoms with Crippen molar-refractivity contribution in [3.63, 3.8) is 0 Å². The third kappa shape index (κ3) is 4.14. The third-order valence-corrected chi connectivity index (χ3v) is 2.01. The van der Waals surface area contributed by atoms with Crippen LogP contribution < -0.4 is 0 Å². The van der Waals surface area contributed by atoms with Gasteiger partial charge in [0.25, 0.3) is 0 Å². The van der Waals surface area contributed by atoms with Crippen molar-refractivity contribution in [3.05, 3.63) is 11.7 Å². The fraction of sp³-hybridized carbons (Fsp3) is 0.667. The molecule has 0 amide bonds. The smallest absolute Gasteiger partial charge is 0.381 e. The lowest BCUT2D eigenvalue weighted by atomic mass is 10.2. The van der Waals surface area contributed by atoms with Crippen LogP contribution in [0.3, 0.4) is 0 Å². The molecule has 1 aromatic heterocycles. The predicted molar refractivity (Wildman–Crippen MR) is 49.2 cm³/mol. The lowest BCUT2D eigenvalue weighted by molar-refractivity contribution is -0.170. The van der Waals surface area contributed by atoms with Crippen molar-refractivity contribution in [2.75, 3.05) is 7.11 Å². The van der Waals surface area contributed by atoms with Crippen LogP contribution in [0.2, 0.25) is 0 Å². The number of ketones is 1.